The Hall–Kier alpha value is -0.870. The molecule has 20 heavy (non-hydrogen) atoms. The minimum Gasteiger partial charge on any atom is -0.335 e. The summed E-state index contributed by atoms with van der Waals surface area (Å²) in [6, 6.07) is 8.22. The fourth-order valence-electron chi connectivity index (χ4n) is 2.93. The first kappa shape index (κ1) is 14.1. The lowest BCUT2D eigenvalue weighted by atomic mass is 9.98. The van der Waals surface area contributed by atoms with Crippen molar-refractivity contribution >= 4 is 21.8 Å². The van der Waals surface area contributed by atoms with E-state index in [0.29, 0.717) is 12.0 Å². The van der Waals surface area contributed by atoms with Gasteiger partial charge in [0.15, 0.2) is 0 Å². The summed E-state index contributed by atoms with van der Waals surface area (Å²) < 4.78 is 0.971. The Morgan fingerprint density at radius 3 is 2.85 bits per heavy atom. The fourth-order valence-corrected chi connectivity index (χ4v) is 3.33. The van der Waals surface area contributed by atoms with Gasteiger partial charge < -0.3 is 10.2 Å². The van der Waals surface area contributed by atoms with Gasteiger partial charge in [-0.25, -0.2) is 0 Å². The number of amides is 1. The van der Waals surface area contributed by atoms with Crippen molar-refractivity contribution in [3.8, 4) is 0 Å². The van der Waals surface area contributed by atoms with Crippen molar-refractivity contribution < 1.29 is 4.79 Å². The van der Waals surface area contributed by atoms with E-state index in [2.05, 4.69) is 26.1 Å². The second-order valence-electron chi connectivity index (χ2n) is 5.91. The molecule has 1 atom stereocenters. The molecule has 0 aromatic heterocycles. The zero-order valence-corrected chi connectivity index (χ0v) is 13.2. The molecule has 0 radical (unpaired) electrons. The lowest BCUT2D eigenvalue weighted by molar-refractivity contribution is 0.0704. The highest BCUT2D eigenvalue weighted by molar-refractivity contribution is 9.10. The van der Waals surface area contributed by atoms with E-state index >= 15 is 0 Å². The number of nitrogens with one attached hydrogen (secondary N) is 1. The van der Waals surface area contributed by atoms with Crippen molar-refractivity contribution in [1.82, 2.24) is 10.2 Å². The maximum Gasteiger partial charge on any atom is 0.254 e. The molecule has 108 valence electrons. The molecular formula is C16H21BrN2O. The second-order valence-corrected chi connectivity index (χ2v) is 6.83. The van der Waals surface area contributed by atoms with Crippen LogP contribution < -0.4 is 5.32 Å². The van der Waals surface area contributed by atoms with Crippen molar-refractivity contribution in [3.63, 3.8) is 0 Å². The monoisotopic (exact) mass is 336 g/mol. The van der Waals surface area contributed by atoms with Crippen LogP contribution in [0.2, 0.25) is 0 Å². The summed E-state index contributed by atoms with van der Waals surface area (Å²) in [5.74, 6) is 0.805. The molecule has 1 aromatic rings. The standard InChI is InChI=1S/C16H21BrN2O/c17-14-5-1-4-13(9-14)16(20)19(15-6-7-15)11-12-3-2-8-18-10-12/h1,4-5,9,12,15,18H,2-3,6-8,10-11H2. The number of benzene rings is 1. The summed E-state index contributed by atoms with van der Waals surface area (Å²) in [5.41, 5.74) is 0.801. The maximum absolute atomic E-state index is 12.7. The molecule has 1 saturated heterocycles. The van der Waals surface area contributed by atoms with Crippen LogP contribution in [0, 0.1) is 5.92 Å². The van der Waals surface area contributed by atoms with Crippen LogP contribution >= 0.6 is 15.9 Å². The first-order chi connectivity index (χ1) is 9.74. The van der Waals surface area contributed by atoms with Crippen LogP contribution in [0.25, 0.3) is 0 Å². The highest BCUT2D eigenvalue weighted by Gasteiger charge is 2.34. The Kier molecular flexibility index (Phi) is 4.41. The van der Waals surface area contributed by atoms with E-state index in [1.807, 2.05) is 24.3 Å². The smallest absolute Gasteiger partial charge is 0.254 e. The fraction of sp³-hybridized carbons (Fsp3) is 0.562. The highest BCUT2D eigenvalue weighted by atomic mass is 79.9. The summed E-state index contributed by atoms with van der Waals surface area (Å²) in [7, 11) is 0. The Bertz CT molecular complexity index is 481. The Labute approximate surface area is 128 Å². The van der Waals surface area contributed by atoms with Crippen LogP contribution in [0.1, 0.15) is 36.0 Å². The summed E-state index contributed by atoms with van der Waals surface area (Å²) >= 11 is 3.45. The van der Waals surface area contributed by atoms with Crippen LogP contribution in [0.4, 0.5) is 0 Å². The molecule has 4 heteroatoms. The van der Waals surface area contributed by atoms with E-state index < -0.39 is 0 Å². The number of carbonyl (C=O) groups is 1. The molecule has 3 nitrogen and oxygen atoms in total. The van der Waals surface area contributed by atoms with Gasteiger partial charge >= 0.3 is 0 Å². The molecular weight excluding hydrogens is 316 g/mol. The van der Waals surface area contributed by atoms with Crippen molar-refractivity contribution in [3.05, 3.63) is 34.3 Å². The first-order valence-electron chi connectivity index (χ1n) is 7.51. The van der Waals surface area contributed by atoms with Gasteiger partial charge in [0, 0.05) is 22.6 Å². The molecule has 1 N–H and O–H groups in total. The molecule has 1 unspecified atom stereocenters. The largest absolute Gasteiger partial charge is 0.335 e. The van der Waals surface area contributed by atoms with Crippen LogP contribution in [-0.2, 0) is 0 Å². The predicted octanol–water partition coefficient (Wildman–Crippen LogP) is 3.05. The third-order valence-electron chi connectivity index (χ3n) is 4.17. The number of rotatable bonds is 4. The quantitative estimate of drug-likeness (QED) is 0.916. The molecule has 1 amide bonds. The van der Waals surface area contributed by atoms with Gasteiger partial charge in [0.05, 0.1) is 0 Å². The van der Waals surface area contributed by atoms with Gasteiger partial charge in [-0.2, -0.15) is 0 Å². The normalized spacial score (nSPS) is 22.6. The molecule has 2 aliphatic rings. The molecule has 3 rings (SSSR count). The number of nitrogens with zero attached hydrogens (tertiary/aromatic N) is 1. The highest BCUT2D eigenvalue weighted by Crippen LogP contribution is 2.30. The molecule has 0 spiro atoms. The summed E-state index contributed by atoms with van der Waals surface area (Å²) in [6.45, 7) is 3.08. The average molecular weight is 337 g/mol. The van der Waals surface area contributed by atoms with Crippen LogP contribution in [0.3, 0.4) is 0 Å². The number of piperidine rings is 1. The third-order valence-corrected chi connectivity index (χ3v) is 4.67. The topological polar surface area (TPSA) is 32.3 Å². The van der Waals surface area contributed by atoms with E-state index in [0.717, 1.165) is 29.7 Å². The summed E-state index contributed by atoms with van der Waals surface area (Å²) in [4.78, 5) is 14.8. The molecule has 1 aliphatic heterocycles. The van der Waals surface area contributed by atoms with Crippen molar-refractivity contribution in [1.29, 1.82) is 0 Å². The molecule has 1 heterocycles. The van der Waals surface area contributed by atoms with E-state index in [1.165, 1.54) is 25.7 Å². The predicted molar refractivity (Wildman–Crippen MR) is 83.8 cm³/mol. The zero-order chi connectivity index (χ0) is 13.9. The van der Waals surface area contributed by atoms with E-state index in [1.54, 1.807) is 0 Å². The minimum absolute atomic E-state index is 0.194. The summed E-state index contributed by atoms with van der Waals surface area (Å²) in [6.07, 6.45) is 4.80. The molecule has 1 aromatic carbocycles. The van der Waals surface area contributed by atoms with Gasteiger partial charge in [0.25, 0.3) is 5.91 Å². The molecule has 1 saturated carbocycles. The second kappa shape index (κ2) is 6.27. The van der Waals surface area contributed by atoms with Crippen molar-refractivity contribution in [2.24, 2.45) is 5.92 Å². The number of hydrogen-bond donors (Lipinski definition) is 1. The van der Waals surface area contributed by atoms with Gasteiger partial charge in [-0.1, -0.05) is 22.0 Å². The Morgan fingerprint density at radius 2 is 2.20 bits per heavy atom. The van der Waals surface area contributed by atoms with Gasteiger partial charge in [0.1, 0.15) is 0 Å². The zero-order valence-electron chi connectivity index (χ0n) is 11.6. The third kappa shape index (κ3) is 3.41. The number of carbonyl (C=O) groups excluding carboxylic acids is 1. The van der Waals surface area contributed by atoms with E-state index in [-0.39, 0.29) is 5.91 Å². The molecule has 0 bridgehead atoms. The maximum atomic E-state index is 12.7. The Morgan fingerprint density at radius 1 is 1.35 bits per heavy atom. The van der Waals surface area contributed by atoms with E-state index in [9.17, 15) is 4.79 Å². The van der Waals surface area contributed by atoms with Gasteiger partial charge in [-0.15, -0.1) is 0 Å². The van der Waals surface area contributed by atoms with Gasteiger partial charge in [-0.05, 0) is 62.9 Å². The Balaban J connectivity index is 1.71. The van der Waals surface area contributed by atoms with Crippen molar-refractivity contribution in [2.45, 2.75) is 31.7 Å². The van der Waals surface area contributed by atoms with Gasteiger partial charge in [0.2, 0.25) is 0 Å². The summed E-state index contributed by atoms with van der Waals surface area (Å²) in [5, 5.41) is 3.44. The van der Waals surface area contributed by atoms with Crippen LogP contribution in [0.5, 0.6) is 0 Å². The first-order valence-corrected chi connectivity index (χ1v) is 8.30. The van der Waals surface area contributed by atoms with Crippen LogP contribution in [-0.4, -0.2) is 36.5 Å². The number of hydrogen-bond acceptors (Lipinski definition) is 2. The molecule has 2 fully saturated rings. The number of halogens is 1. The molecule has 1 aliphatic carbocycles. The average Bonchev–Trinajstić information content (AvgIpc) is 3.30. The van der Waals surface area contributed by atoms with Crippen molar-refractivity contribution in [2.75, 3.05) is 19.6 Å². The van der Waals surface area contributed by atoms with Gasteiger partial charge in [-0.3, -0.25) is 4.79 Å². The van der Waals surface area contributed by atoms with E-state index in [4.69, 9.17) is 0 Å². The van der Waals surface area contributed by atoms with Crippen LogP contribution in [0.15, 0.2) is 28.7 Å². The lowest BCUT2D eigenvalue weighted by Crippen LogP contribution is -2.42. The minimum atomic E-state index is 0.194. The SMILES string of the molecule is O=C(c1cccc(Br)c1)N(CC1CCCNC1)C1CC1. The lowest BCUT2D eigenvalue weighted by Gasteiger charge is -2.30.